The lowest BCUT2D eigenvalue weighted by Gasteiger charge is -2.25. The standard InChI is InChI=1S/C23H38N6O7S/c1-7-11-35-20(21-24-13-17(33-5)14-25-21)16(3)37(30,31)28-23-27-26-22(18-9-8-15(2)36-18)29(23)19(34-6)10-12-32-4/h13-16,18-20H,7-12H2,1-6H3,(H,27,28)/t15-,16+,18-,19?,20-/m1/s1. The molecule has 0 aliphatic carbocycles. The molecule has 1 aliphatic rings. The lowest BCUT2D eigenvalue weighted by molar-refractivity contribution is 0.00193. The molecule has 3 rings (SSSR count). The molecule has 5 atom stereocenters. The van der Waals surface area contributed by atoms with E-state index in [2.05, 4.69) is 24.9 Å². The van der Waals surface area contributed by atoms with Crippen LogP contribution in [-0.4, -0.2) is 79.0 Å². The number of hydrogen-bond acceptors (Lipinski definition) is 11. The van der Waals surface area contributed by atoms with E-state index in [9.17, 15) is 8.42 Å². The van der Waals surface area contributed by atoms with Crippen molar-refractivity contribution in [1.82, 2.24) is 24.7 Å². The van der Waals surface area contributed by atoms with Crippen molar-refractivity contribution < 1.29 is 32.1 Å². The highest BCUT2D eigenvalue weighted by Gasteiger charge is 2.37. The molecule has 0 aromatic carbocycles. The molecule has 3 heterocycles. The van der Waals surface area contributed by atoms with Gasteiger partial charge in [0.05, 0.1) is 32.2 Å². The Morgan fingerprint density at radius 2 is 1.89 bits per heavy atom. The van der Waals surface area contributed by atoms with Gasteiger partial charge in [-0.1, -0.05) is 6.92 Å². The summed E-state index contributed by atoms with van der Waals surface area (Å²) in [7, 11) is 0.581. The van der Waals surface area contributed by atoms with E-state index in [0.717, 1.165) is 12.8 Å². The van der Waals surface area contributed by atoms with Gasteiger partial charge in [-0.25, -0.2) is 18.4 Å². The second-order valence-electron chi connectivity index (χ2n) is 8.86. The number of ether oxygens (including phenoxy) is 5. The fourth-order valence-electron chi connectivity index (χ4n) is 4.07. The van der Waals surface area contributed by atoms with Crippen LogP contribution in [0.4, 0.5) is 5.95 Å². The molecule has 2 aromatic rings. The summed E-state index contributed by atoms with van der Waals surface area (Å²) < 4.78 is 59.4. The van der Waals surface area contributed by atoms with Gasteiger partial charge in [0.2, 0.25) is 16.0 Å². The van der Waals surface area contributed by atoms with Crippen LogP contribution in [0.2, 0.25) is 0 Å². The molecule has 1 unspecified atom stereocenters. The van der Waals surface area contributed by atoms with Crippen LogP contribution >= 0.6 is 0 Å². The van der Waals surface area contributed by atoms with Gasteiger partial charge < -0.3 is 23.7 Å². The Bertz CT molecular complexity index is 1080. The predicted molar refractivity (Wildman–Crippen MR) is 135 cm³/mol. The Kier molecular flexibility index (Phi) is 10.6. The van der Waals surface area contributed by atoms with Crippen LogP contribution in [0.1, 0.15) is 76.5 Å². The number of methoxy groups -OCH3 is 3. The molecule has 0 bridgehead atoms. The Balaban J connectivity index is 1.94. The lowest BCUT2D eigenvalue weighted by Crippen LogP contribution is -2.34. The average molecular weight is 543 g/mol. The molecular formula is C23H38N6O7S. The fourth-order valence-corrected chi connectivity index (χ4v) is 5.17. The van der Waals surface area contributed by atoms with Crippen LogP contribution in [0.3, 0.4) is 0 Å². The average Bonchev–Trinajstić information content (AvgIpc) is 3.50. The topological polar surface area (TPSA) is 149 Å². The van der Waals surface area contributed by atoms with Crippen LogP contribution in [0.25, 0.3) is 0 Å². The maximum atomic E-state index is 13.6. The van der Waals surface area contributed by atoms with Gasteiger partial charge in [-0.05, 0) is 33.1 Å². The molecule has 0 amide bonds. The van der Waals surface area contributed by atoms with Gasteiger partial charge in [-0.15, -0.1) is 10.2 Å². The Morgan fingerprint density at radius 1 is 1.16 bits per heavy atom. The molecule has 1 saturated heterocycles. The summed E-state index contributed by atoms with van der Waals surface area (Å²) in [6.07, 6.45) is 3.94. The van der Waals surface area contributed by atoms with E-state index in [4.69, 9.17) is 23.7 Å². The lowest BCUT2D eigenvalue weighted by atomic mass is 10.2. The zero-order chi connectivity index (χ0) is 27.0. The molecule has 2 aromatic heterocycles. The van der Waals surface area contributed by atoms with E-state index < -0.39 is 27.6 Å². The molecule has 1 aliphatic heterocycles. The van der Waals surface area contributed by atoms with E-state index in [1.54, 1.807) is 25.7 Å². The minimum atomic E-state index is -4.05. The van der Waals surface area contributed by atoms with Gasteiger partial charge in [0.15, 0.2) is 17.4 Å². The van der Waals surface area contributed by atoms with Crippen molar-refractivity contribution in [3.8, 4) is 5.75 Å². The monoisotopic (exact) mass is 542 g/mol. The van der Waals surface area contributed by atoms with Gasteiger partial charge in [-0.3, -0.25) is 9.29 Å². The van der Waals surface area contributed by atoms with Gasteiger partial charge >= 0.3 is 0 Å². The first kappa shape index (κ1) is 29.2. The summed E-state index contributed by atoms with van der Waals surface area (Å²) in [5, 5.41) is 7.41. The van der Waals surface area contributed by atoms with Crippen LogP contribution in [-0.2, 0) is 29.0 Å². The molecule has 37 heavy (non-hydrogen) atoms. The molecule has 13 nitrogen and oxygen atoms in total. The largest absolute Gasteiger partial charge is 0.494 e. The van der Waals surface area contributed by atoms with Crippen molar-refractivity contribution in [1.29, 1.82) is 0 Å². The number of anilines is 1. The summed E-state index contributed by atoms with van der Waals surface area (Å²) in [5.74, 6) is 1.21. The summed E-state index contributed by atoms with van der Waals surface area (Å²) in [4.78, 5) is 8.53. The third-order valence-electron chi connectivity index (χ3n) is 6.16. The third kappa shape index (κ3) is 7.13. The van der Waals surface area contributed by atoms with Gasteiger partial charge in [0, 0.05) is 27.2 Å². The second kappa shape index (κ2) is 13.4. The van der Waals surface area contributed by atoms with E-state index in [1.165, 1.54) is 19.5 Å². The van der Waals surface area contributed by atoms with E-state index in [0.29, 0.717) is 37.6 Å². The molecular weight excluding hydrogens is 504 g/mol. The summed E-state index contributed by atoms with van der Waals surface area (Å²) >= 11 is 0. The molecule has 14 heteroatoms. The van der Waals surface area contributed by atoms with Crippen molar-refractivity contribution in [2.45, 2.75) is 76.2 Å². The summed E-state index contributed by atoms with van der Waals surface area (Å²) in [6.45, 7) is 6.19. The molecule has 208 valence electrons. The van der Waals surface area contributed by atoms with Crippen LogP contribution in [0.15, 0.2) is 12.4 Å². The first-order valence-corrected chi connectivity index (χ1v) is 13.9. The van der Waals surface area contributed by atoms with Gasteiger partial charge in [0.1, 0.15) is 23.7 Å². The zero-order valence-electron chi connectivity index (χ0n) is 22.3. The maximum absolute atomic E-state index is 13.6. The minimum absolute atomic E-state index is 0.0258. The first-order chi connectivity index (χ1) is 17.7. The SMILES string of the molecule is CCCO[C@@H](c1ncc(OC)cn1)[C@H](C)S(=O)(=O)Nc1nnc([C@H]2CC[C@@H](C)O2)n1C(CCOC)OC. The van der Waals surface area contributed by atoms with E-state index >= 15 is 0 Å². The summed E-state index contributed by atoms with van der Waals surface area (Å²) in [5.41, 5.74) is 0. The van der Waals surface area contributed by atoms with Crippen molar-refractivity contribution in [2.75, 3.05) is 39.3 Å². The molecule has 1 N–H and O–H groups in total. The minimum Gasteiger partial charge on any atom is -0.494 e. The molecule has 1 fully saturated rings. The number of aromatic nitrogens is 5. The van der Waals surface area contributed by atoms with Crippen LogP contribution in [0.5, 0.6) is 5.75 Å². The van der Waals surface area contributed by atoms with Crippen molar-refractivity contribution in [2.24, 2.45) is 0 Å². The Hall–Kier alpha value is -2.39. The maximum Gasteiger partial charge on any atom is 0.240 e. The summed E-state index contributed by atoms with van der Waals surface area (Å²) in [6, 6.07) is 0. The third-order valence-corrected chi connectivity index (χ3v) is 7.85. The number of hydrogen-bond donors (Lipinski definition) is 1. The smallest absolute Gasteiger partial charge is 0.240 e. The number of nitrogens with zero attached hydrogens (tertiary/aromatic N) is 5. The van der Waals surface area contributed by atoms with E-state index in [-0.39, 0.29) is 24.0 Å². The highest BCUT2D eigenvalue weighted by Crippen LogP contribution is 2.35. The zero-order valence-corrected chi connectivity index (χ0v) is 23.1. The highest BCUT2D eigenvalue weighted by molar-refractivity contribution is 7.93. The predicted octanol–water partition coefficient (Wildman–Crippen LogP) is 2.80. The number of sulfonamides is 1. The quantitative estimate of drug-likeness (QED) is 0.354. The van der Waals surface area contributed by atoms with Crippen molar-refractivity contribution in [3.63, 3.8) is 0 Å². The highest BCUT2D eigenvalue weighted by atomic mass is 32.2. The van der Waals surface area contributed by atoms with E-state index in [1.807, 2.05) is 13.8 Å². The van der Waals surface area contributed by atoms with Crippen molar-refractivity contribution >= 4 is 16.0 Å². The van der Waals surface area contributed by atoms with Crippen LogP contribution in [0, 0.1) is 0 Å². The van der Waals surface area contributed by atoms with Crippen LogP contribution < -0.4 is 9.46 Å². The Morgan fingerprint density at radius 3 is 2.46 bits per heavy atom. The first-order valence-electron chi connectivity index (χ1n) is 12.4. The fraction of sp³-hybridized carbons (Fsp3) is 0.739. The molecule has 0 radical (unpaired) electrons. The van der Waals surface area contributed by atoms with Gasteiger partial charge in [-0.2, -0.15) is 0 Å². The molecule has 0 spiro atoms. The normalized spacial score (nSPS) is 20.5. The second-order valence-corrected chi connectivity index (χ2v) is 10.9. The number of nitrogens with one attached hydrogen (secondary N) is 1. The number of rotatable bonds is 15. The Labute approximate surface area is 218 Å². The molecule has 0 saturated carbocycles. The van der Waals surface area contributed by atoms with Gasteiger partial charge in [0.25, 0.3) is 0 Å². The van der Waals surface area contributed by atoms with Crippen molar-refractivity contribution in [3.05, 3.63) is 24.0 Å².